The average molecular weight is 419 g/mol. The molecular formula is C24H26N4OS. The number of aromatic nitrogens is 2. The molecule has 1 unspecified atom stereocenters. The second kappa shape index (κ2) is 9.10. The van der Waals surface area contributed by atoms with Gasteiger partial charge in [0.1, 0.15) is 11.6 Å². The first-order valence-corrected chi connectivity index (χ1v) is 10.9. The molecule has 0 saturated heterocycles. The molecule has 2 heterocycles. The van der Waals surface area contributed by atoms with Crippen molar-refractivity contribution in [2.45, 2.75) is 47.0 Å². The molecule has 30 heavy (non-hydrogen) atoms. The van der Waals surface area contributed by atoms with Crippen LogP contribution in [0, 0.1) is 32.1 Å². The maximum Gasteiger partial charge on any atom is 0.268 e. The highest BCUT2D eigenvalue weighted by molar-refractivity contribution is 7.13. The molecule has 0 aliphatic carbocycles. The van der Waals surface area contributed by atoms with E-state index >= 15 is 0 Å². The number of hydrogen-bond donors (Lipinski definition) is 1. The van der Waals surface area contributed by atoms with Crippen molar-refractivity contribution in [3.63, 3.8) is 0 Å². The Balaban J connectivity index is 1.90. The number of nitrogens with one attached hydrogen (secondary N) is 1. The van der Waals surface area contributed by atoms with Crippen molar-refractivity contribution in [1.82, 2.24) is 9.55 Å². The molecule has 3 aromatic rings. The molecule has 0 spiro atoms. The fourth-order valence-corrected chi connectivity index (χ4v) is 4.08. The fraction of sp³-hybridized carbons (Fsp3) is 0.292. The summed E-state index contributed by atoms with van der Waals surface area (Å²) in [6, 6.07) is 12.6. The molecule has 1 N–H and O–H groups in total. The molecular weight excluding hydrogens is 392 g/mol. The predicted octanol–water partition coefficient (Wildman–Crippen LogP) is 5.92. The topological polar surface area (TPSA) is 70.7 Å². The lowest BCUT2D eigenvalue weighted by Gasteiger charge is -2.13. The Bertz CT molecular complexity index is 1130. The molecule has 1 atom stereocenters. The average Bonchev–Trinajstić information content (AvgIpc) is 3.27. The van der Waals surface area contributed by atoms with E-state index in [4.69, 9.17) is 0 Å². The SMILES string of the molecule is CCC(C)c1ccc(-n2c(C)cc(/C=C(/C#N)C(=O)Nc3nc(C)cs3)c2C)cc1. The van der Waals surface area contributed by atoms with Crippen LogP contribution in [0.4, 0.5) is 5.13 Å². The van der Waals surface area contributed by atoms with Crippen LogP contribution in [0.25, 0.3) is 11.8 Å². The van der Waals surface area contributed by atoms with Crippen LogP contribution in [0.2, 0.25) is 0 Å². The maximum absolute atomic E-state index is 12.5. The fourth-order valence-electron chi connectivity index (χ4n) is 3.40. The van der Waals surface area contributed by atoms with Gasteiger partial charge in [0.2, 0.25) is 0 Å². The molecule has 1 amide bonds. The number of nitriles is 1. The van der Waals surface area contributed by atoms with E-state index < -0.39 is 5.91 Å². The van der Waals surface area contributed by atoms with Crippen LogP contribution in [0.15, 0.2) is 41.3 Å². The highest BCUT2D eigenvalue weighted by Crippen LogP contribution is 2.25. The maximum atomic E-state index is 12.5. The van der Waals surface area contributed by atoms with Crippen LogP contribution in [-0.4, -0.2) is 15.5 Å². The highest BCUT2D eigenvalue weighted by atomic mass is 32.1. The largest absolute Gasteiger partial charge is 0.318 e. The summed E-state index contributed by atoms with van der Waals surface area (Å²) in [4.78, 5) is 16.7. The van der Waals surface area contributed by atoms with E-state index in [0.717, 1.165) is 34.8 Å². The molecule has 154 valence electrons. The number of rotatable bonds is 6. The molecule has 0 aliphatic rings. The number of carbonyl (C=O) groups is 1. The van der Waals surface area contributed by atoms with E-state index in [1.807, 2.05) is 38.3 Å². The number of nitrogens with zero attached hydrogens (tertiary/aromatic N) is 3. The summed E-state index contributed by atoms with van der Waals surface area (Å²) in [6.07, 6.45) is 2.75. The molecule has 1 aromatic carbocycles. The minimum atomic E-state index is -0.449. The van der Waals surface area contributed by atoms with Crippen LogP contribution in [-0.2, 0) is 4.79 Å². The summed E-state index contributed by atoms with van der Waals surface area (Å²) >= 11 is 1.34. The van der Waals surface area contributed by atoms with E-state index in [-0.39, 0.29) is 5.57 Å². The first-order valence-electron chi connectivity index (χ1n) is 9.98. The summed E-state index contributed by atoms with van der Waals surface area (Å²) < 4.78 is 2.14. The number of aryl methyl sites for hydroxylation is 2. The van der Waals surface area contributed by atoms with Crippen molar-refractivity contribution in [2.24, 2.45) is 0 Å². The summed E-state index contributed by atoms with van der Waals surface area (Å²) in [7, 11) is 0. The van der Waals surface area contributed by atoms with Crippen molar-refractivity contribution in [1.29, 1.82) is 5.26 Å². The Kier molecular flexibility index (Phi) is 6.53. The van der Waals surface area contributed by atoms with Gasteiger partial charge in [-0.25, -0.2) is 4.98 Å². The highest BCUT2D eigenvalue weighted by Gasteiger charge is 2.15. The first-order chi connectivity index (χ1) is 14.3. The Morgan fingerprint density at radius 2 is 2.00 bits per heavy atom. The molecule has 0 bridgehead atoms. The van der Waals surface area contributed by atoms with Crippen LogP contribution >= 0.6 is 11.3 Å². The molecule has 0 saturated carbocycles. The zero-order valence-corrected chi connectivity index (χ0v) is 18.8. The van der Waals surface area contributed by atoms with Crippen molar-refractivity contribution >= 4 is 28.5 Å². The number of anilines is 1. The lowest BCUT2D eigenvalue weighted by molar-refractivity contribution is -0.112. The van der Waals surface area contributed by atoms with Gasteiger partial charge in [-0.15, -0.1) is 11.3 Å². The zero-order chi connectivity index (χ0) is 21.8. The van der Waals surface area contributed by atoms with Crippen molar-refractivity contribution in [3.05, 3.63) is 69.5 Å². The van der Waals surface area contributed by atoms with Gasteiger partial charge < -0.3 is 4.57 Å². The van der Waals surface area contributed by atoms with Gasteiger partial charge in [-0.2, -0.15) is 5.26 Å². The Labute approximate surface area is 181 Å². The van der Waals surface area contributed by atoms with Crippen LogP contribution in [0.1, 0.15) is 54.4 Å². The number of hydrogen-bond acceptors (Lipinski definition) is 4. The van der Waals surface area contributed by atoms with Gasteiger partial charge in [-0.05, 0) is 68.5 Å². The number of amides is 1. The molecule has 6 heteroatoms. The third-order valence-corrected chi connectivity index (χ3v) is 6.18. The van der Waals surface area contributed by atoms with Crippen LogP contribution < -0.4 is 5.32 Å². The molecule has 0 fully saturated rings. The first kappa shape index (κ1) is 21.5. The standard InChI is InChI=1S/C24H26N4OS/c1-6-15(2)19-7-9-22(10-8-19)28-17(4)11-20(18(28)5)12-21(13-25)23(29)27-24-26-16(3)14-30-24/h7-12,14-15H,6H2,1-5H3,(H,26,27,29)/b21-12-. The molecule has 3 rings (SSSR count). The second-order valence-electron chi connectivity index (χ2n) is 7.48. The van der Waals surface area contributed by atoms with Crippen molar-refractivity contribution in [3.8, 4) is 11.8 Å². The lowest BCUT2D eigenvalue weighted by Crippen LogP contribution is -2.13. The van der Waals surface area contributed by atoms with Gasteiger partial charge in [0.05, 0.1) is 5.69 Å². The number of benzene rings is 1. The quantitative estimate of drug-likeness (QED) is 0.399. The van der Waals surface area contributed by atoms with E-state index in [1.165, 1.54) is 16.9 Å². The smallest absolute Gasteiger partial charge is 0.268 e. The second-order valence-corrected chi connectivity index (χ2v) is 8.34. The lowest BCUT2D eigenvalue weighted by atomic mass is 9.98. The number of thiazole rings is 1. The molecule has 0 aliphatic heterocycles. The van der Waals surface area contributed by atoms with Gasteiger partial charge in [0, 0.05) is 22.5 Å². The third-order valence-electron chi connectivity index (χ3n) is 5.31. The van der Waals surface area contributed by atoms with Gasteiger partial charge in [-0.1, -0.05) is 26.0 Å². The van der Waals surface area contributed by atoms with E-state index in [0.29, 0.717) is 11.0 Å². The van der Waals surface area contributed by atoms with E-state index in [9.17, 15) is 10.1 Å². The van der Waals surface area contributed by atoms with Crippen molar-refractivity contribution in [2.75, 3.05) is 5.32 Å². The minimum absolute atomic E-state index is 0.0511. The Morgan fingerprint density at radius 1 is 1.30 bits per heavy atom. The molecule has 0 radical (unpaired) electrons. The summed E-state index contributed by atoms with van der Waals surface area (Å²) in [6.45, 7) is 10.3. The van der Waals surface area contributed by atoms with Crippen LogP contribution in [0.5, 0.6) is 0 Å². The monoisotopic (exact) mass is 418 g/mol. The zero-order valence-electron chi connectivity index (χ0n) is 18.0. The van der Waals surface area contributed by atoms with Gasteiger partial charge in [0.15, 0.2) is 5.13 Å². The minimum Gasteiger partial charge on any atom is -0.318 e. The third kappa shape index (κ3) is 4.52. The summed E-state index contributed by atoms with van der Waals surface area (Å²) in [5.74, 6) is 0.0808. The van der Waals surface area contributed by atoms with E-state index in [2.05, 4.69) is 53.0 Å². The summed E-state index contributed by atoms with van der Waals surface area (Å²) in [5.41, 5.74) is 6.15. The van der Waals surface area contributed by atoms with Gasteiger partial charge in [0.25, 0.3) is 5.91 Å². The molecule has 5 nitrogen and oxygen atoms in total. The Morgan fingerprint density at radius 3 is 2.57 bits per heavy atom. The van der Waals surface area contributed by atoms with Gasteiger partial charge in [-0.3, -0.25) is 10.1 Å². The predicted molar refractivity (Wildman–Crippen MR) is 123 cm³/mol. The summed E-state index contributed by atoms with van der Waals surface area (Å²) in [5, 5.41) is 14.6. The number of carbonyl (C=O) groups excluding carboxylic acids is 1. The van der Waals surface area contributed by atoms with Crippen LogP contribution in [0.3, 0.4) is 0 Å². The van der Waals surface area contributed by atoms with Crippen molar-refractivity contribution < 1.29 is 4.79 Å². The normalized spacial score (nSPS) is 12.5. The Hall–Kier alpha value is -3.17. The van der Waals surface area contributed by atoms with E-state index in [1.54, 1.807) is 6.08 Å². The van der Waals surface area contributed by atoms with Gasteiger partial charge >= 0.3 is 0 Å². The molecule has 2 aromatic heterocycles.